The number of pyridine rings is 1. The summed E-state index contributed by atoms with van der Waals surface area (Å²) in [5.74, 6) is 1.74. The van der Waals surface area contributed by atoms with Gasteiger partial charge in [-0.15, -0.1) is 0 Å². The fraction of sp³-hybridized carbons (Fsp3) is 0.400. The topological polar surface area (TPSA) is 67.8 Å². The molecule has 1 aliphatic heterocycles. The Labute approximate surface area is 167 Å². The minimum absolute atomic E-state index is 0.142. The Morgan fingerprint density at radius 2 is 2.03 bits per heavy atom. The van der Waals surface area contributed by atoms with Gasteiger partial charge in [0.05, 0.1) is 18.7 Å². The molecular formula is C20H23F3N4O2. The average molecular weight is 408 g/mol. The van der Waals surface area contributed by atoms with Crippen molar-refractivity contribution >= 4 is 5.96 Å². The molecule has 2 heterocycles. The lowest BCUT2D eigenvalue weighted by molar-refractivity contribution is -0.137. The summed E-state index contributed by atoms with van der Waals surface area (Å²) >= 11 is 0. The molecule has 156 valence electrons. The molecule has 0 unspecified atom stereocenters. The van der Waals surface area contributed by atoms with Crippen LogP contribution >= 0.6 is 0 Å². The number of nitrogens with zero attached hydrogens (tertiary/aromatic N) is 2. The predicted octanol–water partition coefficient (Wildman–Crippen LogP) is 2.82. The number of hydrogen-bond donors (Lipinski definition) is 2. The quantitative estimate of drug-likeness (QED) is 0.419. The summed E-state index contributed by atoms with van der Waals surface area (Å²) in [6.07, 6.45) is -1.85. The largest absolute Gasteiger partial charge is 0.493 e. The summed E-state index contributed by atoms with van der Waals surface area (Å²) in [7, 11) is 1.67. The van der Waals surface area contributed by atoms with Crippen molar-refractivity contribution in [2.45, 2.75) is 19.0 Å². The summed E-state index contributed by atoms with van der Waals surface area (Å²) in [6, 6.07) is 8.40. The lowest BCUT2D eigenvalue weighted by Crippen LogP contribution is -2.40. The SMILES string of the molecule is CN=C(NCCOc1ccc(C(F)(F)F)cn1)NCCc1ccc2c(c1)CCO2. The van der Waals surface area contributed by atoms with Gasteiger partial charge in [0.1, 0.15) is 12.4 Å². The van der Waals surface area contributed by atoms with Crippen molar-refractivity contribution in [3.8, 4) is 11.6 Å². The molecule has 0 saturated carbocycles. The second kappa shape index (κ2) is 9.49. The van der Waals surface area contributed by atoms with Crippen molar-refractivity contribution in [1.29, 1.82) is 0 Å². The molecule has 6 nitrogen and oxygen atoms in total. The van der Waals surface area contributed by atoms with Gasteiger partial charge in [-0.2, -0.15) is 13.2 Å². The van der Waals surface area contributed by atoms with E-state index in [1.54, 1.807) is 7.05 Å². The third kappa shape index (κ3) is 6.00. The second-order valence-corrected chi connectivity index (χ2v) is 6.45. The van der Waals surface area contributed by atoms with Crippen LogP contribution in [-0.4, -0.2) is 44.3 Å². The number of fused-ring (bicyclic) bond motifs is 1. The number of aromatic nitrogens is 1. The van der Waals surface area contributed by atoms with E-state index in [-0.39, 0.29) is 12.5 Å². The number of alkyl halides is 3. The first kappa shape index (κ1) is 20.8. The highest BCUT2D eigenvalue weighted by molar-refractivity contribution is 5.79. The molecule has 0 fully saturated rings. The van der Waals surface area contributed by atoms with Crippen molar-refractivity contribution in [3.05, 3.63) is 53.2 Å². The van der Waals surface area contributed by atoms with E-state index in [0.717, 1.165) is 37.5 Å². The van der Waals surface area contributed by atoms with Crippen LogP contribution in [0.4, 0.5) is 13.2 Å². The summed E-state index contributed by atoms with van der Waals surface area (Å²) in [5.41, 5.74) is 1.68. The van der Waals surface area contributed by atoms with Crippen LogP contribution in [0.25, 0.3) is 0 Å². The number of aliphatic imine (C=N–C) groups is 1. The Balaban J connectivity index is 1.35. The standard InChI is InChI=1S/C20H23F3N4O2/c1-24-19(25-8-6-14-2-4-17-15(12-14)7-10-28-17)26-9-11-29-18-5-3-16(13-27-18)20(21,22)23/h2-5,12-13H,6-11H2,1H3,(H2,24,25,26). The molecule has 3 rings (SSSR count). The Kier molecular flexibility index (Phi) is 6.79. The predicted molar refractivity (Wildman–Crippen MR) is 103 cm³/mol. The number of rotatable bonds is 7. The molecule has 0 saturated heterocycles. The van der Waals surface area contributed by atoms with E-state index < -0.39 is 11.7 Å². The normalized spacial score (nSPS) is 13.6. The van der Waals surface area contributed by atoms with E-state index >= 15 is 0 Å². The van der Waals surface area contributed by atoms with E-state index in [1.807, 2.05) is 6.07 Å². The zero-order valence-electron chi connectivity index (χ0n) is 16.1. The van der Waals surface area contributed by atoms with Crippen LogP contribution in [0.5, 0.6) is 11.6 Å². The van der Waals surface area contributed by atoms with Gasteiger partial charge in [0, 0.05) is 32.3 Å². The van der Waals surface area contributed by atoms with Crippen molar-refractivity contribution in [3.63, 3.8) is 0 Å². The minimum Gasteiger partial charge on any atom is -0.493 e. The van der Waals surface area contributed by atoms with Crippen LogP contribution < -0.4 is 20.1 Å². The van der Waals surface area contributed by atoms with Gasteiger partial charge in [-0.05, 0) is 29.7 Å². The fourth-order valence-electron chi connectivity index (χ4n) is 2.90. The minimum atomic E-state index is -4.40. The molecule has 29 heavy (non-hydrogen) atoms. The van der Waals surface area contributed by atoms with E-state index in [0.29, 0.717) is 19.0 Å². The maximum atomic E-state index is 12.5. The van der Waals surface area contributed by atoms with Crippen LogP contribution in [-0.2, 0) is 19.0 Å². The van der Waals surface area contributed by atoms with Crippen molar-refractivity contribution in [1.82, 2.24) is 15.6 Å². The third-order valence-electron chi connectivity index (χ3n) is 4.39. The van der Waals surface area contributed by atoms with Crippen LogP contribution in [0.1, 0.15) is 16.7 Å². The van der Waals surface area contributed by atoms with Crippen LogP contribution in [0.2, 0.25) is 0 Å². The molecule has 1 aromatic carbocycles. The first-order valence-electron chi connectivity index (χ1n) is 9.31. The Hall–Kier alpha value is -2.97. The Morgan fingerprint density at radius 3 is 2.76 bits per heavy atom. The first-order chi connectivity index (χ1) is 14.0. The molecule has 1 aromatic heterocycles. The van der Waals surface area contributed by atoms with Crippen LogP contribution in [0.3, 0.4) is 0 Å². The molecule has 1 aliphatic rings. The number of guanidine groups is 1. The highest BCUT2D eigenvalue weighted by atomic mass is 19.4. The molecule has 0 bridgehead atoms. The van der Waals surface area contributed by atoms with E-state index in [1.165, 1.54) is 17.2 Å². The second-order valence-electron chi connectivity index (χ2n) is 6.45. The van der Waals surface area contributed by atoms with Gasteiger partial charge in [-0.3, -0.25) is 4.99 Å². The molecule has 0 atom stereocenters. The Morgan fingerprint density at radius 1 is 1.21 bits per heavy atom. The molecule has 2 N–H and O–H groups in total. The van der Waals surface area contributed by atoms with Gasteiger partial charge in [0.15, 0.2) is 5.96 Å². The summed E-state index contributed by atoms with van der Waals surface area (Å²) in [6.45, 7) is 2.13. The summed E-state index contributed by atoms with van der Waals surface area (Å²) in [4.78, 5) is 7.80. The van der Waals surface area contributed by atoms with Crippen LogP contribution in [0.15, 0.2) is 41.5 Å². The highest BCUT2D eigenvalue weighted by Crippen LogP contribution is 2.29. The molecule has 0 aliphatic carbocycles. The lowest BCUT2D eigenvalue weighted by atomic mass is 10.1. The summed E-state index contributed by atoms with van der Waals surface area (Å²) in [5, 5.41) is 6.31. The number of ether oxygens (including phenoxy) is 2. The van der Waals surface area contributed by atoms with Crippen LogP contribution in [0, 0.1) is 0 Å². The first-order valence-corrected chi connectivity index (χ1v) is 9.31. The van der Waals surface area contributed by atoms with E-state index in [9.17, 15) is 13.2 Å². The smallest absolute Gasteiger partial charge is 0.417 e. The van der Waals surface area contributed by atoms with Gasteiger partial charge in [0.25, 0.3) is 0 Å². The molecular weight excluding hydrogens is 385 g/mol. The van der Waals surface area contributed by atoms with Gasteiger partial charge < -0.3 is 20.1 Å². The van der Waals surface area contributed by atoms with Gasteiger partial charge in [-0.1, -0.05) is 12.1 Å². The monoisotopic (exact) mass is 408 g/mol. The van der Waals surface area contributed by atoms with Crippen molar-refractivity contribution in [2.24, 2.45) is 4.99 Å². The highest BCUT2D eigenvalue weighted by Gasteiger charge is 2.30. The molecule has 0 radical (unpaired) electrons. The van der Waals surface area contributed by atoms with Gasteiger partial charge >= 0.3 is 6.18 Å². The van der Waals surface area contributed by atoms with E-state index in [2.05, 4.69) is 32.7 Å². The molecule has 9 heteroatoms. The molecule has 0 spiro atoms. The molecule has 2 aromatic rings. The number of hydrogen-bond acceptors (Lipinski definition) is 4. The van der Waals surface area contributed by atoms with Gasteiger partial charge in [0.2, 0.25) is 5.88 Å². The Bertz CT molecular complexity index is 839. The van der Waals surface area contributed by atoms with Crippen molar-refractivity contribution in [2.75, 3.05) is 33.4 Å². The third-order valence-corrected chi connectivity index (χ3v) is 4.39. The van der Waals surface area contributed by atoms with Crippen molar-refractivity contribution < 1.29 is 22.6 Å². The number of halogens is 3. The number of benzene rings is 1. The number of nitrogens with one attached hydrogen (secondary N) is 2. The average Bonchev–Trinajstić information content (AvgIpc) is 3.17. The lowest BCUT2D eigenvalue weighted by Gasteiger charge is -2.13. The van der Waals surface area contributed by atoms with E-state index in [4.69, 9.17) is 9.47 Å². The fourth-order valence-corrected chi connectivity index (χ4v) is 2.90. The molecule has 0 amide bonds. The zero-order valence-corrected chi connectivity index (χ0v) is 16.1. The van der Waals surface area contributed by atoms with Gasteiger partial charge in [-0.25, -0.2) is 4.98 Å². The maximum Gasteiger partial charge on any atom is 0.417 e. The zero-order chi connectivity index (χ0) is 20.7. The summed E-state index contributed by atoms with van der Waals surface area (Å²) < 4.78 is 48.4. The maximum absolute atomic E-state index is 12.5.